The first kappa shape index (κ1) is 38.5. The number of nitriles is 1. The van der Waals surface area contributed by atoms with E-state index in [9.17, 15) is 28.0 Å². The zero-order valence-electron chi connectivity index (χ0n) is 31.7. The SMILES string of the molecule is Cn1cc(C[C@H](C(=O)NC(C)(C)Cn2nc(C(F)(F)F)cc2-c2cn[nH]n2)N2CCc3c(-c4cc5cnn(C6CCCCO6)c5cc4C#N)ccc(F)c3C2=O)cn1. The highest BCUT2D eigenvalue weighted by Gasteiger charge is 2.40. The van der Waals surface area contributed by atoms with Crippen molar-refractivity contribution in [3.8, 4) is 28.6 Å². The minimum Gasteiger partial charge on any atom is -0.356 e. The molecule has 19 heteroatoms. The molecule has 2 atom stereocenters. The number of hydrogen-bond acceptors (Lipinski definition) is 9. The highest BCUT2D eigenvalue weighted by molar-refractivity contribution is 6.02. The smallest absolute Gasteiger partial charge is 0.356 e. The summed E-state index contributed by atoms with van der Waals surface area (Å²) in [5, 5.41) is 36.5. The highest BCUT2D eigenvalue weighted by atomic mass is 19.4. The molecule has 2 aliphatic rings. The number of rotatable bonds is 10. The number of H-pyrrole nitrogens is 1. The summed E-state index contributed by atoms with van der Waals surface area (Å²) in [7, 11) is 1.70. The molecule has 2 N–H and O–H groups in total. The van der Waals surface area contributed by atoms with Gasteiger partial charge in [0.2, 0.25) is 5.91 Å². The van der Waals surface area contributed by atoms with Gasteiger partial charge in [0.05, 0.1) is 59.1 Å². The van der Waals surface area contributed by atoms with Crippen LogP contribution >= 0.6 is 0 Å². The van der Waals surface area contributed by atoms with Crippen molar-refractivity contribution in [2.75, 3.05) is 13.2 Å². The Morgan fingerprint density at radius 2 is 1.95 bits per heavy atom. The van der Waals surface area contributed by atoms with Crippen LogP contribution in [0.2, 0.25) is 0 Å². The third-order valence-electron chi connectivity index (χ3n) is 10.5. The zero-order chi connectivity index (χ0) is 40.9. The molecule has 300 valence electrons. The second-order valence-corrected chi connectivity index (χ2v) is 15.2. The standard InChI is InChI=1S/C39H38F4N12O3/c1-38(2,21-54-31(29-19-45-51-49-29)15-33(50-54)39(41,42)43)48-36(56)32(12-22-17-46-52(3)20-22)53-10-9-26-25(7-8-28(40)35(26)37(53)57)27-13-24-18-47-55(30(24)14-23(27)16-44)34-6-4-5-11-58-34/h7-8,13-15,17-20,32,34H,4-6,9-12,21H2,1-3H3,(H,48,56)(H,45,49,51)/t32-,34?/m1/s1. The summed E-state index contributed by atoms with van der Waals surface area (Å²) in [5.41, 5.74) is 0.643. The number of alkyl halides is 3. The molecule has 1 saturated heterocycles. The Morgan fingerprint density at radius 3 is 2.64 bits per heavy atom. The quantitative estimate of drug-likeness (QED) is 0.173. The van der Waals surface area contributed by atoms with Gasteiger partial charge in [-0.2, -0.15) is 49.1 Å². The number of nitrogens with zero attached hydrogens (tertiary/aromatic N) is 10. The van der Waals surface area contributed by atoms with Crippen LogP contribution in [0.25, 0.3) is 33.4 Å². The van der Waals surface area contributed by atoms with Gasteiger partial charge in [-0.15, -0.1) is 0 Å². The van der Waals surface area contributed by atoms with Gasteiger partial charge < -0.3 is 15.0 Å². The van der Waals surface area contributed by atoms with Crippen molar-refractivity contribution in [2.45, 2.75) is 76.5 Å². The first-order chi connectivity index (χ1) is 27.7. The van der Waals surface area contributed by atoms with E-state index < -0.39 is 41.1 Å². The van der Waals surface area contributed by atoms with Crippen molar-refractivity contribution in [2.24, 2.45) is 7.05 Å². The van der Waals surface area contributed by atoms with Crippen molar-refractivity contribution in [3.05, 3.63) is 88.9 Å². The topological polar surface area (TPSA) is 177 Å². The van der Waals surface area contributed by atoms with E-state index >= 15 is 4.39 Å². The van der Waals surface area contributed by atoms with Gasteiger partial charge in [0.15, 0.2) is 11.9 Å². The lowest BCUT2D eigenvalue weighted by atomic mass is 9.87. The Balaban J connectivity index is 1.11. The van der Waals surface area contributed by atoms with Crippen LogP contribution in [0, 0.1) is 17.1 Å². The number of hydrogen-bond donors (Lipinski definition) is 2. The molecule has 0 saturated carbocycles. The fourth-order valence-corrected chi connectivity index (χ4v) is 7.87. The van der Waals surface area contributed by atoms with Crippen LogP contribution in [-0.4, -0.2) is 86.2 Å². The molecule has 1 fully saturated rings. The fourth-order valence-electron chi connectivity index (χ4n) is 7.87. The van der Waals surface area contributed by atoms with Crippen molar-refractivity contribution < 1.29 is 31.9 Å². The number of fused-ring (bicyclic) bond motifs is 2. The third kappa shape index (κ3) is 7.30. The number of aromatic nitrogens is 9. The summed E-state index contributed by atoms with van der Waals surface area (Å²) in [6.07, 6.45) is 4.12. The molecule has 4 aromatic heterocycles. The summed E-state index contributed by atoms with van der Waals surface area (Å²) in [5.74, 6) is -2.13. The van der Waals surface area contributed by atoms with Gasteiger partial charge in [-0.3, -0.25) is 19.0 Å². The molecule has 0 bridgehead atoms. The van der Waals surface area contributed by atoms with E-state index in [4.69, 9.17) is 4.74 Å². The largest absolute Gasteiger partial charge is 0.435 e. The predicted octanol–water partition coefficient (Wildman–Crippen LogP) is 5.35. The summed E-state index contributed by atoms with van der Waals surface area (Å²) in [6, 6.07) is 8.24. The number of ether oxygens (including phenoxy) is 1. The molecule has 15 nitrogen and oxygen atoms in total. The molecule has 2 amide bonds. The van der Waals surface area contributed by atoms with Crippen LogP contribution in [0.15, 0.2) is 55.1 Å². The first-order valence-electron chi connectivity index (χ1n) is 18.7. The predicted molar refractivity (Wildman–Crippen MR) is 199 cm³/mol. The number of aryl methyl sites for hydroxylation is 1. The Bertz CT molecular complexity index is 2560. The Morgan fingerprint density at radius 1 is 1.12 bits per heavy atom. The second-order valence-electron chi connectivity index (χ2n) is 15.2. The van der Waals surface area contributed by atoms with Gasteiger partial charge in [-0.05, 0) is 80.5 Å². The Kier molecular flexibility index (Phi) is 9.83. The van der Waals surface area contributed by atoms with Crippen LogP contribution in [-0.2, 0) is 42.1 Å². The van der Waals surface area contributed by atoms with Crippen LogP contribution in [0.5, 0.6) is 0 Å². The van der Waals surface area contributed by atoms with E-state index in [0.717, 1.165) is 40.9 Å². The highest BCUT2D eigenvalue weighted by Crippen LogP contribution is 2.38. The number of amides is 2. The maximum absolute atomic E-state index is 15.9. The normalized spacial score (nSPS) is 16.7. The average molecular weight is 799 g/mol. The van der Waals surface area contributed by atoms with E-state index in [1.807, 2.05) is 6.07 Å². The van der Waals surface area contributed by atoms with E-state index in [0.29, 0.717) is 34.4 Å². The number of aromatic amines is 1. The Hall–Kier alpha value is -6.42. The molecule has 0 radical (unpaired) electrons. The average Bonchev–Trinajstić information content (AvgIpc) is 4.01. The third-order valence-corrected chi connectivity index (χ3v) is 10.5. The van der Waals surface area contributed by atoms with E-state index in [2.05, 4.69) is 42.1 Å². The molecular formula is C39H38F4N12O3. The molecule has 0 spiro atoms. The maximum atomic E-state index is 15.9. The molecule has 2 aromatic carbocycles. The van der Waals surface area contributed by atoms with Crippen molar-refractivity contribution in [3.63, 3.8) is 0 Å². The lowest BCUT2D eigenvalue weighted by molar-refractivity contribution is -0.141. The zero-order valence-corrected chi connectivity index (χ0v) is 31.7. The molecule has 6 heterocycles. The van der Waals surface area contributed by atoms with Crippen molar-refractivity contribution >= 4 is 22.7 Å². The fraction of sp³-hybridized carbons (Fsp3) is 0.385. The number of halogens is 4. The van der Waals surface area contributed by atoms with Gasteiger partial charge in [0, 0.05) is 43.8 Å². The van der Waals surface area contributed by atoms with Gasteiger partial charge in [-0.25, -0.2) is 9.07 Å². The number of benzene rings is 2. The summed E-state index contributed by atoms with van der Waals surface area (Å²) < 4.78 is 67.6. The van der Waals surface area contributed by atoms with Crippen LogP contribution in [0.1, 0.15) is 72.1 Å². The number of carbonyl (C=O) groups excluding carboxylic acids is 2. The Labute approximate surface area is 328 Å². The van der Waals surface area contributed by atoms with Gasteiger partial charge in [0.1, 0.15) is 17.6 Å². The van der Waals surface area contributed by atoms with Gasteiger partial charge in [0.25, 0.3) is 5.91 Å². The van der Waals surface area contributed by atoms with Crippen LogP contribution in [0.3, 0.4) is 0 Å². The van der Waals surface area contributed by atoms with Gasteiger partial charge in [-0.1, -0.05) is 6.07 Å². The molecular weight excluding hydrogens is 761 g/mol. The molecule has 0 aliphatic carbocycles. The lowest BCUT2D eigenvalue weighted by Crippen LogP contribution is -2.58. The van der Waals surface area contributed by atoms with E-state index in [1.54, 1.807) is 61.0 Å². The summed E-state index contributed by atoms with van der Waals surface area (Å²) in [4.78, 5) is 30.2. The van der Waals surface area contributed by atoms with Crippen LogP contribution in [0.4, 0.5) is 17.6 Å². The maximum Gasteiger partial charge on any atom is 0.435 e. The molecule has 6 aromatic rings. The first-order valence-corrected chi connectivity index (χ1v) is 18.7. The number of nitrogens with one attached hydrogen (secondary N) is 2. The molecule has 58 heavy (non-hydrogen) atoms. The minimum atomic E-state index is -4.75. The van der Waals surface area contributed by atoms with E-state index in [-0.39, 0.29) is 49.1 Å². The minimum absolute atomic E-state index is 0.00621. The summed E-state index contributed by atoms with van der Waals surface area (Å²) in [6.45, 7) is 3.65. The van der Waals surface area contributed by atoms with Crippen molar-refractivity contribution in [1.29, 1.82) is 5.26 Å². The summed E-state index contributed by atoms with van der Waals surface area (Å²) >= 11 is 0. The molecule has 2 aliphatic heterocycles. The van der Waals surface area contributed by atoms with Crippen LogP contribution < -0.4 is 5.32 Å². The molecule has 8 rings (SSSR count). The lowest BCUT2D eigenvalue weighted by Gasteiger charge is -2.37. The molecule has 1 unspecified atom stereocenters. The number of carbonyl (C=O) groups is 2. The van der Waals surface area contributed by atoms with E-state index in [1.165, 1.54) is 17.2 Å². The van der Waals surface area contributed by atoms with Gasteiger partial charge >= 0.3 is 6.18 Å². The van der Waals surface area contributed by atoms with Crippen molar-refractivity contribution in [1.82, 2.24) is 55.0 Å². The second kappa shape index (κ2) is 14.8. The monoisotopic (exact) mass is 798 g/mol.